The number of anilines is 2. The summed E-state index contributed by atoms with van der Waals surface area (Å²) in [6.07, 6.45) is 1.81. The number of nitrogens with zero attached hydrogens (tertiary/aromatic N) is 4. The minimum atomic E-state index is -0.208. The van der Waals surface area contributed by atoms with Crippen LogP contribution in [0.4, 0.5) is 11.4 Å². The van der Waals surface area contributed by atoms with E-state index in [-0.39, 0.29) is 28.8 Å². The molecule has 0 radical (unpaired) electrons. The Kier molecular flexibility index (Phi) is 8.64. The Labute approximate surface area is 251 Å². The van der Waals surface area contributed by atoms with Gasteiger partial charge in [0, 0.05) is 37.4 Å². The number of piperazine rings is 1. The van der Waals surface area contributed by atoms with Gasteiger partial charge < -0.3 is 9.80 Å². The molecule has 0 unspecified atom stereocenters. The number of carbonyl (C=O) groups excluding carboxylic acids is 3. The molecular weight excluding hydrogens is 544 g/mol. The van der Waals surface area contributed by atoms with Crippen molar-refractivity contribution in [2.24, 2.45) is 4.99 Å². The number of ketones is 1. The fraction of sp³-hybridized carbons (Fsp3) is 0.294. The summed E-state index contributed by atoms with van der Waals surface area (Å²) in [5, 5.41) is 0.501. The van der Waals surface area contributed by atoms with E-state index in [1.165, 1.54) is 17.3 Å². The van der Waals surface area contributed by atoms with Crippen molar-refractivity contribution in [1.82, 2.24) is 4.90 Å². The molecule has 1 saturated heterocycles. The molecule has 2 amide bonds. The van der Waals surface area contributed by atoms with Crippen molar-refractivity contribution in [3.63, 3.8) is 0 Å². The van der Waals surface area contributed by atoms with Crippen molar-refractivity contribution in [1.29, 1.82) is 0 Å². The highest BCUT2D eigenvalue weighted by Crippen LogP contribution is 2.30. The SMILES string of the molecule is CC(=O)c1ccc(N2CCN(C(=O)CSC3=NC(=Cc4ccc(C(C)(C)C)cc4)C(=O)N3c3ccccc3)CC2)cc1. The summed E-state index contributed by atoms with van der Waals surface area (Å²) < 4.78 is 0. The van der Waals surface area contributed by atoms with Gasteiger partial charge in [-0.15, -0.1) is 0 Å². The second-order valence-electron chi connectivity index (χ2n) is 11.5. The molecule has 3 aromatic rings. The van der Waals surface area contributed by atoms with Gasteiger partial charge in [0.15, 0.2) is 11.0 Å². The molecule has 0 aliphatic carbocycles. The van der Waals surface area contributed by atoms with Crippen LogP contribution in [0, 0.1) is 0 Å². The number of para-hydroxylation sites is 1. The van der Waals surface area contributed by atoms with Crippen molar-refractivity contribution in [3.05, 3.63) is 101 Å². The van der Waals surface area contributed by atoms with Crippen molar-refractivity contribution in [2.45, 2.75) is 33.1 Å². The maximum atomic E-state index is 13.5. The molecule has 2 heterocycles. The second-order valence-corrected chi connectivity index (χ2v) is 12.5. The number of rotatable bonds is 6. The van der Waals surface area contributed by atoms with Crippen LogP contribution in [0.2, 0.25) is 0 Å². The monoisotopic (exact) mass is 580 g/mol. The Hall–Kier alpha value is -4.17. The maximum absolute atomic E-state index is 13.5. The van der Waals surface area contributed by atoms with Crippen LogP contribution in [0.5, 0.6) is 0 Å². The first kappa shape index (κ1) is 29.3. The van der Waals surface area contributed by atoms with Crippen LogP contribution in [0.1, 0.15) is 49.2 Å². The van der Waals surface area contributed by atoms with Crippen molar-refractivity contribution in [3.8, 4) is 0 Å². The summed E-state index contributed by atoms with van der Waals surface area (Å²) in [6.45, 7) is 10.7. The van der Waals surface area contributed by atoms with Crippen LogP contribution < -0.4 is 9.80 Å². The lowest BCUT2D eigenvalue weighted by Gasteiger charge is -2.36. The van der Waals surface area contributed by atoms with E-state index < -0.39 is 0 Å². The lowest BCUT2D eigenvalue weighted by atomic mass is 9.87. The Morgan fingerprint density at radius 1 is 0.857 bits per heavy atom. The normalized spacial score (nSPS) is 16.7. The molecule has 0 bridgehead atoms. The molecule has 0 aromatic heterocycles. The first-order valence-corrected chi connectivity index (χ1v) is 15.2. The average Bonchev–Trinajstić information content (AvgIpc) is 3.30. The summed E-state index contributed by atoms with van der Waals surface area (Å²) in [6, 6.07) is 25.2. The summed E-state index contributed by atoms with van der Waals surface area (Å²) in [5.41, 5.74) is 4.98. The van der Waals surface area contributed by atoms with E-state index in [0.29, 0.717) is 42.6 Å². The zero-order valence-electron chi connectivity index (χ0n) is 24.5. The predicted molar refractivity (Wildman–Crippen MR) is 172 cm³/mol. The number of amidine groups is 1. The molecule has 0 atom stereocenters. The lowest BCUT2D eigenvalue weighted by molar-refractivity contribution is -0.128. The van der Waals surface area contributed by atoms with Crippen LogP contribution in [-0.2, 0) is 15.0 Å². The molecule has 7 nitrogen and oxygen atoms in total. The van der Waals surface area contributed by atoms with E-state index in [0.717, 1.165) is 16.9 Å². The van der Waals surface area contributed by atoms with E-state index in [1.54, 1.807) is 11.8 Å². The molecular formula is C34H36N4O3S. The van der Waals surface area contributed by atoms with E-state index in [1.807, 2.05) is 77.7 Å². The fourth-order valence-corrected chi connectivity index (χ4v) is 5.89. The number of Topliss-reactive ketones (excluding diaryl/α,β-unsaturated/α-hetero) is 1. The van der Waals surface area contributed by atoms with Gasteiger partial charge in [-0.2, -0.15) is 0 Å². The molecule has 1 fully saturated rings. The highest BCUT2D eigenvalue weighted by molar-refractivity contribution is 8.14. The maximum Gasteiger partial charge on any atom is 0.283 e. The standard InChI is InChI=1S/C34H36N4O3S/c1-24(39)26-12-16-28(17-13-26)36-18-20-37(21-19-36)31(40)23-42-33-35-30(32(41)38(33)29-8-6-5-7-9-29)22-25-10-14-27(15-11-25)34(2,3)4/h5-17,22H,18-21,23H2,1-4H3. The number of hydrogen-bond donors (Lipinski definition) is 0. The molecule has 42 heavy (non-hydrogen) atoms. The third-order valence-electron chi connectivity index (χ3n) is 7.52. The van der Waals surface area contributed by atoms with Gasteiger partial charge in [-0.25, -0.2) is 4.99 Å². The Morgan fingerprint density at radius 3 is 2.10 bits per heavy atom. The number of hydrogen-bond acceptors (Lipinski definition) is 6. The topological polar surface area (TPSA) is 73.3 Å². The van der Waals surface area contributed by atoms with Gasteiger partial charge in [0.2, 0.25) is 5.91 Å². The van der Waals surface area contributed by atoms with Gasteiger partial charge in [-0.05, 0) is 65.9 Å². The van der Waals surface area contributed by atoms with Crippen LogP contribution in [0.15, 0.2) is 89.6 Å². The Morgan fingerprint density at radius 2 is 1.50 bits per heavy atom. The number of benzene rings is 3. The first-order valence-electron chi connectivity index (χ1n) is 14.2. The van der Waals surface area contributed by atoms with Gasteiger partial charge in [0.25, 0.3) is 5.91 Å². The molecule has 2 aliphatic rings. The van der Waals surface area contributed by atoms with Crippen molar-refractivity contribution >= 4 is 52.0 Å². The Balaban J connectivity index is 1.26. The number of aliphatic imine (C=N–C) groups is 1. The molecule has 8 heteroatoms. The summed E-state index contributed by atoms with van der Waals surface area (Å²) in [4.78, 5) is 48.7. The highest BCUT2D eigenvalue weighted by Gasteiger charge is 2.33. The molecule has 0 N–H and O–H groups in total. The summed E-state index contributed by atoms with van der Waals surface area (Å²) in [7, 11) is 0. The first-order chi connectivity index (χ1) is 20.1. The van der Waals surface area contributed by atoms with Crippen LogP contribution >= 0.6 is 11.8 Å². The minimum absolute atomic E-state index is 0.0185. The average molecular weight is 581 g/mol. The van der Waals surface area contributed by atoms with E-state index in [2.05, 4.69) is 37.8 Å². The zero-order valence-corrected chi connectivity index (χ0v) is 25.4. The summed E-state index contributed by atoms with van der Waals surface area (Å²) >= 11 is 1.29. The van der Waals surface area contributed by atoms with Gasteiger partial charge in [-0.3, -0.25) is 19.3 Å². The smallest absolute Gasteiger partial charge is 0.283 e. The van der Waals surface area contributed by atoms with Gasteiger partial charge in [0.1, 0.15) is 5.70 Å². The van der Waals surface area contributed by atoms with Gasteiger partial charge in [-0.1, -0.05) is 75.0 Å². The largest absolute Gasteiger partial charge is 0.368 e. The van der Waals surface area contributed by atoms with E-state index in [9.17, 15) is 14.4 Å². The minimum Gasteiger partial charge on any atom is -0.368 e. The molecule has 0 saturated carbocycles. The molecule has 3 aromatic carbocycles. The fourth-order valence-electron chi connectivity index (χ4n) is 4.97. The number of thioether (sulfide) groups is 1. The number of carbonyl (C=O) groups is 3. The predicted octanol–water partition coefficient (Wildman–Crippen LogP) is 6.01. The number of amides is 2. The third-order valence-corrected chi connectivity index (χ3v) is 8.44. The molecule has 0 spiro atoms. The van der Waals surface area contributed by atoms with E-state index in [4.69, 9.17) is 4.99 Å². The highest BCUT2D eigenvalue weighted by atomic mass is 32.2. The van der Waals surface area contributed by atoms with Crippen LogP contribution in [0.3, 0.4) is 0 Å². The van der Waals surface area contributed by atoms with Gasteiger partial charge >= 0.3 is 0 Å². The molecule has 2 aliphatic heterocycles. The van der Waals surface area contributed by atoms with E-state index >= 15 is 0 Å². The van der Waals surface area contributed by atoms with Crippen molar-refractivity contribution in [2.75, 3.05) is 41.7 Å². The third kappa shape index (κ3) is 6.65. The molecule has 216 valence electrons. The zero-order chi connectivity index (χ0) is 29.9. The van der Waals surface area contributed by atoms with Crippen LogP contribution in [0.25, 0.3) is 6.08 Å². The molecule has 5 rings (SSSR count). The Bertz CT molecular complexity index is 1520. The van der Waals surface area contributed by atoms with Crippen molar-refractivity contribution < 1.29 is 14.4 Å². The summed E-state index contributed by atoms with van der Waals surface area (Å²) in [5.74, 6) is 0.0488. The van der Waals surface area contributed by atoms with Gasteiger partial charge in [0.05, 0.1) is 11.4 Å². The lowest BCUT2D eigenvalue weighted by Crippen LogP contribution is -2.49. The second kappa shape index (κ2) is 12.4. The quantitative estimate of drug-likeness (QED) is 0.264. The van der Waals surface area contributed by atoms with Crippen LogP contribution in [-0.4, -0.2) is 59.6 Å².